The molecule has 2 aromatic rings. The van der Waals surface area contributed by atoms with E-state index in [4.69, 9.17) is 16.3 Å². The molecule has 5 nitrogen and oxygen atoms in total. The topological polar surface area (TPSA) is 56.5 Å². The lowest BCUT2D eigenvalue weighted by molar-refractivity contribution is 0.0520. The highest BCUT2D eigenvalue weighted by atomic mass is 35.5. The number of ether oxygens (including phenoxy) is 1. The maximum Gasteiger partial charge on any atom is 0.358 e. The van der Waals surface area contributed by atoms with Crippen molar-refractivity contribution in [3.63, 3.8) is 0 Å². The van der Waals surface area contributed by atoms with Gasteiger partial charge in [0.15, 0.2) is 5.69 Å². The lowest BCUT2D eigenvalue weighted by atomic mass is 10.4. The molecule has 0 saturated heterocycles. The van der Waals surface area contributed by atoms with E-state index in [1.54, 1.807) is 29.8 Å². The third-order valence-corrected chi connectivity index (χ3v) is 2.35. The van der Waals surface area contributed by atoms with Gasteiger partial charge in [0.2, 0.25) is 5.78 Å². The van der Waals surface area contributed by atoms with E-state index in [2.05, 4.69) is 9.97 Å². The summed E-state index contributed by atoms with van der Waals surface area (Å²) in [7, 11) is 0. The van der Waals surface area contributed by atoms with E-state index in [0.29, 0.717) is 18.3 Å². The first kappa shape index (κ1) is 10.9. The van der Waals surface area contributed by atoms with E-state index >= 15 is 0 Å². The molecule has 0 saturated carbocycles. The monoisotopic (exact) mass is 239 g/mol. The van der Waals surface area contributed by atoms with Crippen LogP contribution in [0.1, 0.15) is 23.1 Å². The number of halogens is 1. The number of hydrogen-bond acceptors (Lipinski definition) is 4. The molecule has 2 aromatic heterocycles. The number of hydrogen-bond donors (Lipinski definition) is 0. The fraction of sp³-hybridized carbons (Fsp3) is 0.300. The number of esters is 1. The summed E-state index contributed by atoms with van der Waals surface area (Å²) in [6, 6.07) is 1.77. The van der Waals surface area contributed by atoms with Crippen molar-refractivity contribution in [3.8, 4) is 0 Å². The normalized spacial score (nSPS) is 10.6. The van der Waals surface area contributed by atoms with Crippen LogP contribution in [0.2, 0.25) is 0 Å². The van der Waals surface area contributed by atoms with Gasteiger partial charge in [-0.15, -0.1) is 11.6 Å². The van der Waals surface area contributed by atoms with Gasteiger partial charge in [-0.2, -0.15) is 0 Å². The molecule has 0 N–H and O–H groups in total. The van der Waals surface area contributed by atoms with Gasteiger partial charge in [0, 0.05) is 18.1 Å². The molecule has 0 unspecified atom stereocenters. The van der Waals surface area contributed by atoms with Gasteiger partial charge in [-0.3, -0.25) is 4.40 Å². The molecule has 0 radical (unpaired) electrons. The fourth-order valence-electron chi connectivity index (χ4n) is 1.36. The fourth-order valence-corrected chi connectivity index (χ4v) is 1.57. The van der Waals surface area contributed by atoms with Gasteiger partial charge in [-0.25, -0.2) is 14.8 Å². The summed E-state index contributed by atoms with van der Waals surface area (Å²) in [4.78, 5) is 19.6. The standard InChI is InChI=1S/C10H10ClN3O2/c1-2-16-9(15)8-6-14-7(5-11)3-4-12-10(14)13-8/h3-4,6H,2,5H2,1H3. The van der Waals surface area contributed by atoms with Crippen molar-refractivity contribution in [2.75, 3.05) is 6.61 Å². The van der Waals surface area contributed by atoms with Gasteiger partial charge < -0.3 is 4.74 Å². The highest BCUT2D eigenvalue weighted by Crippen LogP contribution is 2.09. The Morgan fingerprint density at radius 3 is 3.12 bits per heavy atom. The summed E-state index contributed by atoms with van der Waals surface area (Å²) in [5, 5.41) is 0. The Hall–Kier alpha value is -1.62. The second-order valence-electron chi connectivity index (χ2n) is 3.09. The minimum atomic E-state index is -0.450. The molecule has 0 amide bonds. The molecule has 0 aliphatic rings. The van der Waals surface area contributed by atoms with Crippen molar-refractivity contribution in [2.24, 2.45) is 0 Å². The number of carbonyl (C=O) groups excluding carboxylic acids is 1. The maximum atomic E-state index is 11.5. The Balaban J connectivity index is 2.47. The summed E-state index contributed by atoms with van der Waals surface area (Å²) in [5.74, 6) is 0.326. The minimum absolute atomic E-state index is 0.243. The number of nitrogens with zero attached hydrogens (tertiary/aromatic N) is 3. The predicted molar refractivity (Wildman–Crippen MR) is 58.5 cm³/mol. The second-order valence-corrected chi connectivity index (χ2v) is 3.35. The van der Waals surface area contributed by atoms with Gasteiger partial charge in [-0.1, -0.05) is 0 Å². The number of aromatic nitrogens is 3. The van der Waals surface area contributed by atoms with Crippen molar-refractivity contribution in [2.45, 2.75) is 12.8 Å². The number of imidazole rings is 1. The van der Waals surface area contributed by atoms with E-state index < -0.39 is 5.97 Å². The Bertz CT molecular complexity index is 524. The molecule has 0 aromatic carbocycles. The van der Waals surface area contributed by atoms with Crippen LogP contribution >= 0.6 is 11.6 Å². The van der Waals surface area contributed by atoms with E-state index in [1.165, 1.54) is 0 Å². The largest absolute Gasteiger partial charge is 0.461 e. The van der Waals surface area contributed by atoms with Crippen LogP contribution in [0.3, 0.4) is 0 Å². The third-order valence-electron chi connectivity index (χ3n) is 2.08. The quantitative estimate of drug-likeness (QED) is 0.604. The summed E-state index contributed by atoms with van der Waals surface area (Å²) in [6.45, 7) is 2.07. The number of fused-ring (bicyclic) bond motifs is 1. The van der Waals surface area contributed by atoms with Gasteiger partial charge in [0.05, 0.1) is 12.5 Å². The zero-order valence-electron chi connectivity index (χ0n) is 8.68. The van der Waals surface area contributed by atoms with Crippen LogP contribution in [-0.4, -0.2) is 26.9 Å². The van der Waals surface area contributed by atoms with Crippen LogP contribution in [0.4, 0.5) is 0 Å². The van der Waals surface area contributed by atoms with E-state index in [1.807, 2.05) is 0 Å². The highest BCUT2D eigenvalue weighted by Gasteiger charge is 2.13. The van der Waals surface area contributed by atoms with Crippen LogP contribution in [0.5, 0.6) is 0 Å². The van der Waals surface area contributed by atoms with Crippen LogP contribution in [0.15, 0.2) is 18.5 Å². The number of alkyl halides is 1. The summed E-state index contributed by atoms with van der Waals surface area (Å²) in [6.07, 6.45) is 3.19. The van der Waals surface area contributed by atoms with Gasteiger partial charge in [0.1, 0.15) is 0 Å². The molecule has 84 valence electrons. The van der Waals surface area contributed by atoms with Crippen LogP contribution in [0, 0.1) is 0 Å². The first-order chi connectivity index (χ1) is 7.76. The molecule has 16 heavy (non-hydrogen) atoms. The zero-order chi connectivity index (χ0) is 11.5. The maximum absolute atomic E-state index is 11.5. The van der Waals surface area contributed by atoms with Crippen molar-refractivity contribution >= 4 is 23.3 Å². The minimum Gasteiger partial charge on any atom is -0.461 e. The molecule has 6 heteroatoms. The predicted octanol–water partition coefficient (Wildman–Crippen LogP) is 1.64. The molecule has 0 spiro atoms. The number of carbonyl (C=O) groups is 1. The third kappa shape index (κ3) is 1.86. The van der Waals surface area contributed by atoms with Crippen molar-refractivity contribution in [3.05, 3.63) is 29.8 Å². The molecule has 2 rings (SSSR count). The molecule has 0 aliphatic heterocycles. The molecule has 0 bridgehead atoms. The van der Waals surface area contributed by atoms with Crippen molar-refractivity contribution in [1.82, 2.24) is 14.4 Å². The first-order valence-corrected chi connectivity index (χ1v) is 5.35. The Morgan fingerprint density at radius 2 is 2.44 bits per heavy atom. The molecule has 0 atom stereocenters. The molecule has 2 heterocycles. The molecular weight excluding hydrogens is 230 g/mol. The second kappa shape index (κ2) is 4.49. The Morgan fingerprint density at radius 1 is 1.62 bits per heavy atom. The molecular formula is C10H10ClN3O2. The smallest absolute Gasteiger partial charge is 0.358 e. The van der Waals surface area contributed by atoms with Gasteiger partial charge in [0.25, 0.3) is 0 Å². The summed E-state index contributed by atoms with van der Waals surface area (Å²) >= 11 is 5.76. The Labute approximate surface area is 97.0 Å². The summed E-state index contributed by atoms with van der Waals surface area (Å²) in [5.41, 5.74) is 1.07. The van der Waals surface area contributed by atoms with Crippen LogP contribution < -0.4 is 0 Å². The van der Waals surface area contributed by atoms with Gasteiger partial charge >= 0.3 is 5.97 Å². The average molecular weight is 240 g/mol. The van der Waals surface area contributed by atoms with Crippen LogP contribution in [-0.2, 0) is 10.6 Å². The first-order valence-electron chi connectivity index (χ1n) is 4.82. The highest BCUT2D eigenvalue weighted by molar-refractivity contribution is 6.16. The Kier molecular flexibility index (Phi) is 3.05. The lowest BCUT2D eigenvalue weighted by Gasteiger charge is -1.98. The summed E-state index contributed by atoms with van der Waals surface area (Å²) < 4.78 is 6.54. The van der Waals surface area contributed by atoms with E-state index in [-0.39, 0.29) is 5.69 Å². The molecule has 0 aliphatic carbocycles. The SMILES string of the molecule is CCOC(=O)c1cn2c(CCl)ccnc2n1. The number of rotatable bonds is 3. The van der Waals surface area contributed by atoms with E-state index in [0.717, 1.165) is 5.69 Å². The van der Waals surface area contributed by atoms with Crippen LogP contribution in [0.25, 0.3) is 5.78 Å². The van der Waals surface area contributed by atoms with Crippen molar-refractivity contribution < 1.29 is 9.53 Å². The molecule has 0 fully saturated rings. The average Bonchev–Trinajstić information content (AvgIpc) is 2.72. The van der Waals surface area contributed by atoms with Gasteiger partial charge in [-0.05, 0) is 13.0 Å². The zero-order valence-corrected chi connectivity index (χ0v) is 9.44. The van der Waals surface area contributed by atoms with Crippen molar-refractivity contribution in [1.29, 1.82) is 0 Å². The van der Waals surface area contributed by atoms with E-state index in [9.17, 15) is 4.79 Å². The lowest BCUT2D eigenvalue weighted by Crippen LogP contribution is -2.04.